The van der Waals surface area contributed by atoms with Crippen LogP contribution in [-0.4, -0.2) is 68.8 Å². The van der Waals surface area contributed by atoms with Gasteiger partial charge in [0.25, 0.3) is 11.5 Å². The summed E-state index contributed by atoms with van der Waals surface area (Å²) in [6, 6.07) is 44.2. The van der Waals surface area contributed by atoms with Crippen LogP contribution < -0.4 is 17.4 Å². The van der Waals surface area contributed by atoms with E-state index in [2.05, 4.69) is 183 Å². The zero-order chi connectivity index (χ0) is 30.0. The Hall–Kier alpha value is -3.53. The first kappa shape index (κ1) is 34.5. The van der Waals surface area contributed by atoms with Crippen molar-refractivity contribution >= 4 is 42.4 Å². The molecule has 4 aromatic carbocycles. The third-order valence-corrected chi connectivity index (χ3v) is 16.5. The van der Waals surface area contributed by atoms with Crippen molar-refractivity contribution in [1.82, 2.24) is 12.9 Å². The second-order valence-electron chi connectivity index (χ2n) is 8.78. The second kappa shape index (κ2) is 18.7. The molecule has 0 heterocycles. The fourth-order valence-electron chi connectivity index (χ4n) is 4.48. The van der Waals surface area contributed by atoms with Crippen LogP contribution >= 0.6 is 0 Å². The third kappa shape index (κ3) is 9.29. The first-order chi connectivity index (χ1) is 19.3. The fourth-order valence-corrected chi connectivity index (χ4v) is 15.4. The molecule has 0 radical (unpaired) electrons. The van der Waals surface area contributed by atoms with E-state index >= 15 is 0 Å². The molecule has 0 N–H and O–H groups in total. The van der Waals surface area contributed by atoms with Crippen molar-refractivity contribution in [3.8, 4) is 6.57 Å². The Morgan fingerprint density at radius 3 is 0.800 bits per heavy atom. The Balaban J connectivity index is 0.000000449. The molecule has 0 amide bonds. The van der Waals surface area contributed by atoms with Gasteiger partial charge >= 0.3 is 152 Å². The van der Waals surface area contributed by atoms with Crippen LogP contribution in [0.1, 0.15) is 0 Å². The number of rotatable bonds is 7. The van der Waals surface area contributed by atoms with Crippen molar-refractivity contribution in [1.29, 1.82) is 5.26 Å². The Labute approximate surface area is 245 Å². The molecule has 208 valence electrons. The molecule has 0 aliphatic carbocycles. The molecule has 0 aliphatic heterocycles. The van der Waals surface area contributed by atoms with Gasteiger partial charge in [-0.3, -0.25) is 4.91 Å². The number of nitrogens with zero attached hydrogens (tertiary/aromatic N) is 7. The zero-order valence-corrected chi connectivity index (χ0v) is 26.8. The van der Waals surface area contributed by atoms with E-state index in [0.29, 0.717) is 0 Å². The van der Waals surface area contributed by atoms with Crippen LogP contribution in [-0.2, 0) is 11.5 Å². The number of hydrogen-bond donors (Lipinski definition) is 0. The Morgan fingerprint density at radius 2 is 0.675 bits per heavy atom. The van der Waals surface area contributed by atoms with E-state index in [-0.39, 0.29) is 11.5 Å². The second-order valence-corrected chi connectivity index (χ2v) is 18.6. The molecule has 0 bridgehead atoms. The predicted molar refractivity (Wildman–Crippen MR) is 175 cm³/mol. The summed E-state index contributed by atoms with van der Waals surface area (Å²) in [6.45, 7) is 3.50. The van der Waals surface area contributed by atoms with Gasteiger partial charge in [-0.05, 0) is 0 Å². The van der Waals surface area contributed by atoms with Gasteiger partial charge in [0.1, 0.15) is 0 Å². The molecule has 40 heavy (non-hydrogen) atoms. The van der Waals surface area contributed by atoms with Crippen LogP contribution in [0.2, 0.25) is 0 Å². The van der Waals surface area contributed by atoms with Crippen molar-refractivity contribution in [2.45, 2.75) is 0 Å². The van der Waals surface area contributed by atoms with E-state index in [1.165, 1.54) is 22.3 Å². The van der Waals surface area contributed by atoms with Gasteiger partial charge in [0.05, 0.1) is 0 Å². The van der Waals surface area contributed by atoms with Crippen molar-refractivity contribution < 1.29 is 0 Å². The number of nitriles is 1. The van der Waals surface area contributed by atoms with Crippen LogP contribution in [0.4, 0.5) is 0 Å². The summed E-state index contributed by atoms with van der Waals surface area (Å²) in [7, 11) is 12.5. The van der Waals surface area contributed by atoms with Crippen molar-refractivity contribution in [3.63, 3.8) is 0 Å². The number of hydrogen-bond acceptors (Lipinski definition) is 4. The molecule has 4 aromatic rings. The van der Waals surface area contributed by atoms with Gasteiger partial charge in [0.2, 0.25) is 0 Å². The Morgan fingerprint density at radius 1 is 0.500 bits per heavy atom. The zero-order valence-electron chi connectivity index (χ0n) is 24.1. The molecule has 9 heteroatoms. The minimum absolute atomic E-state index is 0.120. The summed E-state index contributed by atoms with van der Waals surface area (Å²) in [5, 5.41) is 6.50. The van der Waals surface area contributed by atoms with Gasteiger partial charge in [-0.2, -0.15) is 0 Å². The molecule has 0 unspecified atom stereocenters. The van der Waals surface area contributed by atoms with E-state index < -0.39 is 13.6 Å². The van der Waals surface area contributed by atoms with Crippen molar-refractivity contribution in [2.75, 3.05) is 42.3 Å². The molecule has 0 spiro atoms. The average Bonchev–Trinajstić information content (AvgIpc) is 2.97. The summed E-state index contributed by atoms with van der Waals surface area (Å²) in [6.07, 6.45) is 0. The van der Waals surface area contributed by atoms with Crippen LogP contribution in [0.15, 0.2) is 121 Å². The van der Waals surface area contributed by atoms with E-state index in [9.17, 15) is 0 Å². The summed E-state index contributed by atoms with van der Waals surface area (Å²) >= 11 is -2.65. The summed E-state index contributed by atoms with van der Waals surface area (Å²) in [5.41, 5.74) is 13.5. The standard InChI is InChI=1S/C24H20As.C6H18N3S.CHN.N3/c1-5-13-21(14-6-1)25(22-15-7-2-8-16-22,23-17-9-3-10-18-23)24-19-11-4-12-20-24;1-7(2)10(8(3)4)9(5)6;1-2;1-3-2/h1-20H;1-6H3;1H;/q2*+1;;-1. The van der Waals surface area contributed by atoms with E-state index in [0.717, 1.165) is 0 Å². The third-order valence-electron chi connectivity index (χ3n) is 5.55. The molecular formula is C31H39AsN7S+. The van der Waals surface area contributed by atoms with Gasteiger partial charge in [-0.15, -0.1) is 0 Å². The van der Waals surface area contributed by atoms with Crippen molar-refractivity contribution in [2.24, 2.45) is 0 Å². The maximum atomic E-state index is 6.75. The Kier molecular flexibility index (Phi) is 16.1. The fraction of sp³-hybridized carbons (Fsp3) is 0.194. The van der Waals surface area contributed by atoms with Gasteiger partial charge in [0, 0.05) is 48.9 Å². The summed E-state index contributed by atoms with van der Waals surface area (Å²) < 4.78 is 12.4. The molecule has 0 fully saturated rings. The minimum atomic E-state index is -2.77. The first-order valence-corrected chi connectivity index (χ1v) is 17.3. The van der Waals surface area contributed by atoms with Crippen LogP contribution in [0.25, 0.3) is 16.0 Å². The molecule has 0 saturated carbocycles. The normalized spacial score (nSPS) is 10.4. The predicted octanol–water partition coefficient (Wildman–Crippen LogP) is 4.10. The van der Waals surface area contributed by atoms with Crippen LogP contribution in [0, 0.1) is 11.8 Å². The maximum absolute atomic E-state index is 6.75. The monoisotopic (exact) mass is 616 g/mol. The topological polar surface area (TPSA) is 92.2 Å². The summed E-state index contributed by atoms with van der Waals surface area (Å²) in [4.78, 5) is 1.50. The van der Waals surface area contributed by atoms with Gasteiger partial charge in [-0.25, -0.2) is 5.26 Å². The first-order valence-electron chi connectivity index (χ1n) is 12.4. The van der Waals surface area contributed by atoms with Crippen molar-refractivity contribution in [3.05, 3.63) is 137 Å². The SMILES string of the molecule is C#N.CN(C)[S+](N(C)C)N(C)C.[N-]=[N+]=[N-].c1ccc([As+](c2ccccc2)(c2ccccc2)c2ccccc2)cc1. The molecule has 0 saturated heterocycles. The van der Waals surface area contributed by atoms with Crippen LogP contribution in [0.5, 0.6) is 0 Å². The molecule has 0 aromatic heterocycles. The molecule has 0 aliphatic rings. The molecule has 7 nitrogen and oxygen atoms in total. The Bertz CT molecular complexity index is 1080. The van der Waals surface area contributed by atoms with Gasteiger partial charge in [-0.1, -0.05) is 12.9 Å². The number of benzene rings is 4. The molecule has 0 atom stereocenters. The average molecular weight is 617 g/mol. The van der Waals surface area contributed by atoms with E-state index in [1.54, 1.807) is 0 Å². The van der Waals surface area contributed by atoms with E-state index in [1.807, 2.05) is 0 Å². The van der Waals surface area contributed by atoms with E-state index in [4.69, 9.17) is 16.3 Å². The van der Waals surface area contributed by atoms with Gasteiger partial charge in [0.15, 0.2) is 0 Å². The quantitative estimate of drug-likeness (QED) is 0.103. The summed E-state index contributed by atoms with van der Waals surface area (Å²) in [5.74, 6) is 0. The molecular weight excluding hydrogens is 577 g/mol. The van der Waals surface area contributed by atoms with Crippen LogP contribution in [0.3, 0.4) is 0 Å². The van der Waals surface area contributed by atoms with Gasteiger partial charge < -0.3 is 11.1 Å². The molecule has 4 rings (SSSR count).